The van der Waals surface area contributed by atoms with Gasteiger partial charge < -0.3 is 5.32 Å². The number of hydrogen-bond acceptors (Lipinski definition) is 3. The van der Waals surface area contributed by atoms with Gasteiger partial charge in [0.1, 0.15) is 0 Å². The fourth-order valence-electron chi connectivity index (χ4n) is 2.11. The van der Waals surface area contributed by atoms with Gasteiger partial charge in [0, 0.05) is 25.6 Å². The summed E-state index contributed by atoms with van der Waals surface area (Å²) in [5, 5.41) is 2.82. The summed E-state index contributed by atoms with van der Waals surface area (Å²) in [6.45, 7) is 3.06. The summed E-state index contributed by atoms with van der Waals surface area (Å²) < 4.78 is 24.4. The van der Waals surface area contributed by atoms with Crippen molar-refractivity contribution in [3.05, 3.63) is 0 Å². The molecule has 6 heteroatoms. The lowest BCUT2D eigenvalue weighted by molar-refractivity contribution is -0.121. The maximum atomic E-state index is 11.5. The molecule has 1 aliphatic rings. The molecule has 1 atom stereocenters. The number of rotatable bonds is 6. The molecule has 1 unspecified atom stereocenters. The van der Waals surface area contributed by atoms with E-state index in [1.165, 1.54) is 10.6 Å². The van der Waals surface area contributed by atoms with E-state index in [4.69, 9.17) is 0 Å². The maximum absolute atomic E-state index is 11.5. The van der Waals surface area contributed by atoms with E-state index in [1.54, 1.807) is 0 Å². The van der Waals surface area contributed by atoms with Gasteiger partial charge in [-0.2, -0.15) is 4.31 Å². The highest BCUT2D eigenvalue weighted by Crippen LogP contribution is 2.19. The molecule has 0 bridgehead atoms. The predicted molar refractivity (Wildman–Crippen MR) is 67.1 cm³/mol. The van der Waals surface area contributed by atoms with Crippen molar-refractivity contribution in [3.63, 3.8) is 0 Å². The minimum absolute atomic E-state index is 0.0206. The molecule has 0 aromatic heterocycles. The van der Waals surface area contributed by atoms with Crippen LogP contribution in [-0.4, -0.2) is 44.0 Å². The molecule has 1 fully saturated rings. The molecule has 0 aliphatic carbocycles. The first-order valence-corrected chi connectivity index (χ1v) is 8.03. The average molecular weight is 262 g/mol. The monoisotopic (exact) mass is 262 g/mol. The molecular weight excluding hydrogens is 240 g/mol. The van der Waals surface area contributed by atoms with Gasteiger partial charge in [-0.1, -0.05) is 13.3 Å². The number of hydrogen-bond donors (Lipinski definition) is 1. The Labute approximate surface area is 104 Å². The van der Waals surface area contributed by atoms with Crippen LogP contribution in [0, 0.1) is 0 Å². The van der Waals surface area contributed by atoms with Crippen LogP contribution in [0.5, 0.6) is 0 Å². The quantitative estimate of drug-likeness (QED) is 0.767. The minimum Gasteiger partial charge on any atom is -0.354 e. The maximum Gasteiger partial charge on any atom is 0.220 e. The van der Waals surface area contributed by atoms with Gasteiger partial charge in [0.05, 0.1) is 6.26 Å². The van der Waals surface area contributed by atoms with E-state index in [1.807, 2.05) is 6.92 Å². The van der Waals surface area contributed by atoms with E-state index < -0.39 is 10.0 Å². The Morgan fingerprint density at radius 2 is 2.18 bits per heavy atom. The highest BCUT2D eigenvalue weighted by Gasteiger charge is 2.31. The number of nitrogens with one attached hydrogen (secondary N) is 1. The Morgan fingerprint density at radius 1 is 1.47 bits per heavy atom. The molecule has 1 saturated heterocycles. The number of nitrogens with zero attached hydrogens (tertiary/aromatic N) is 1. The van der Waals surface area contributed by atoms with E-state index >= 15 is 0 Å². The Morgan fingerprint density at radius 3 is 2.76 bits per heavy atom. The van der Waals surface area contributed by atoms with Crippen LogP contribution >= 0.6 is 0 Å². The van der Waals surface area contributed by atoms with Gasteiger partial charge in [-0.25, -0.2) is 8.42 Å². The van der Waals surface area contributed by atoms with Crippen LogP contribution in [0.15, 0.2) is 0 Å². The lowest BCUT2D eigenvalue weighted by Gasteiger charge is -2.22. The fraction of sp³-hybridized carbons (Fsp3) is 0.909. The zero-order valence-corrected chi connectivity index (χ0v) is 11.4. The van der Waals surface area contributed by atoms with Crippen molar-refractivity contribution in [3.8, 4) is 0 Å². The zero-order valence-electron chi connectivity index (χ0n) is 10.6. The van der Waals surface area contributed by atoms with E-state index in [2.05, 4.69) is 5.32 Å². The summed E-state index contributed by atoms with van der Waals surface area (Å²) in [6.07, 6.45) is 5.34. The summed E-state index contributed by atoms with van der Waals surface area (Å²) in [5.41, 5.74) is 0. The van der Waals surface area contributed by atoms with E-state index in [-0.39, 0.29) is 11.9 Å². The number of amides is 1. The second kappa shape index (κ2) is 6.35. The molecular formula is C11H22N2O3S. The Hall–Kier alpha value is -0.620. The van der Waals surface area contributed by atoms with Gasteiger partial charge in [0.25, 0.3) is 0 Å². The molecule has 100 valence electrons. The minimum atomic E-state index is -3.13. The lowest BCUT2D eigenvalue weighted by atomic mass is 10.2. The molecule has 1 amide bonds. The molecule has 0 saturated carbocycles. The van der Waals surface area contributed by atoms with Gasteiger partial charge in [-0.05, 0) is 19.3 Å². The largest absolute Gasteiger partial charge is 0.354 e. The SMILES string of the molecule is CCCCC(=O)NCC1CCCN1S(C)(=O)=O. The first kappa shape index (κ1) is 14.4. The molecule has 0 spiro atoms. The molecule has 0 radical (unpaired) electrons. The Balaban J connectivity index is 2.38. The number of carbonyl (C=O) groups excluding carboxylic acids is 1. The first-order valence-electron chi connectivity index (χ1n) is 6.18. The Kier molecular flexibility index (Phi) is 5.39. The van der Waals surface area contributed by atoms with Crippen LogP contribution < -0.4 is 5.32 Å². The third-order valence-corrected chi connectivity index (χ3v) is 4.37. The lowest BCUT2D eigenvalue weighted by Crippen LogP contribution is -2.42. The van der Waals surface area contributed by atoms with Crippen molar-refractivity contribution >= 4 is 15.9 Å². The smallest absolute Gasteiger partial charge is 0.220 e. The summed E-state index contributed by atoms with van der Waals surface area (Å²) in [5.74, 6) is 0.0206. The second-order valence-corrected chi connectivity index (χ2v) is 6.51. The highest BCUT2D eigenvalue weighted by atomic mass is 32.2. The summed E-state index contributed by atoms with van der Waals surface area (Å²) >= 11 is 0. The first-order chi connectivity index (χ1) is 7.95. The molecule has 0 aromatic rings. The van der Waals surface area contributed by atoms with Gasteiger partial charge in [-0.3, -0.25) is 4.79 Å². The number of carbonyl (C=O) groups is 1. The average Bonchev–Trinajstić information content (AvgIpc) is 2.71. The van der Waals surface area contributed by atoms with Crippen LogP contribution in [-0.2, 0) is 14.8 Å². The summed E-state index contributed by atoms with van der Waals surface area (Å²) in [6, 6.07) is -0.0597. The fourth-order valence-corrected chi connectivity index (χ4v) is 3.29. The van der Waals surface area contributed by atoms with Crippen molar-refractivity contribution in [2.24, 2.45) is 0 Å². The van der Waals surface area contributed by atoms with Crippen molar-refractivity contribution in [1.82, 2.24) is 9.62 Å². The highest BCUT2D eigenvalue weighted by molar-refractivity contribution is 7.88. The van der Waals surface area contributed by atoms with Crippen LogP contribution in [0.25, 0.3) is 0 Å². The topological polar surface area (TPSA) is 66.5 Å². The van der Waals surface area contributed by atoms with E-state index in [0.717, 1.165) is 25.7 Å². The predicted octanol–water partition coefficient (Wildman–Crippen LogP) is 0.717. The molecule has 1 aliphatic heterocycles. The Bertz CT molecular complexity index is 354. The van der Waals surface area contributed by atoms with Gasteiger partial charge in [0.2, 0.25) is 15.9 Å². The third-order valence-electron chi connectivity index (χ3n) is 3.04. The second-order valence-electron chi connectivity index (χ2n) is 4.58. The number of unbranched alkanes of at least 4 members (excludes halogenated alkanes) is 1. The van der Waals surface area contributed by atoms with Gasteiger partial charge >= 0.3 is 0 Å². The number of sulfonamides is 1. The van der Waals surface area contributed by atoms with Crippen LogP contribution in [0.3, 0.4) is 0 Å². The van der Waals surface area contributed by atoms with Crippen molar-refractivity contribution < 1.29 is 13.2 Å². The van der Waals surface area contributed by atoms with E-state index in [9.17, 15) is 13.2 Å². The molecule has 0 aromatic carbocycles. The van der Waals surface area contributed by atoms with Crippen molar-refractivity contribution in [2.45, 2.75) is 45.1 Å². The van der Waals surface area contributed by atoms with Crippen LogP contribution in [0.1, 0.15) is 39.0 Å². The molecule has 1 rings (SSSR count). The zero-order chi connectivity index (χ0) is 12.9. The molecule has 5 nitrogen and oxygen atoms in total. The molecule has 1 heterocycles. The third kappa shape index (κ3) is 4.63. The normalized spacial score (nSPS) is 21.6. The standard InChI is InChI=1S/C11H22N2O3S/c1-3-4-7-11(14)12-9-10-6-5-8-13(10)17(2,15)16/h10H,3-9H2,1-2H3,(H,12,14). The van der Waals surface area contributed by atoms with Crippen LogP contribution in [0.2, 0.25) is 0 Å². The van der Waals surface area contributed by atoms with Gasteiger partial charge in [0.15, 0.2) is 0 Å². The van der Waals surface area contributed by atoms with E-state index in [0.29, 0.717) is 19.5 Å². The molecule has 1 N–H and O–H groups in total. The van der Waals surface area contributed by atoms with Gasteiger partial charge in [-0.15, -0.1) is 0 Å². The van der Waals surface area contributed by atoms with Crippen molar-refractivity contribution in [2.75, 3.05) is 19.3 Å². The van der Waals surface area contributed by atoms with Crippen LogP contribution in [0.4, 0.5) is 0 Å². The summed E-state index contributed by atoms with van der Waals surface area (Å²) in [7, 11) is -3.13. The molecule has 17 heavy (non-hydrogen) atoms. The summed E-state index contributed by atoms with van der Waals surface area (Å²) in [4.78, 5) is 11.4. The van der Waals surface area contributed by atoms with Crippen molar-refractivity contribution in [1.29, 1.82) is 0 Å².